The zero-order valence-electron chi connectivity index (χ0n) is 12.5. The molecule has 0 unspecified atom stereocenters. The van der Waals surface area contributed by atoms with Crippen LogP contribution in [0.4, 0.5) is 18.3 Å². The number of alkyl halides is 3. The summed E-state index contributed by atoms with van der Waals surface area (Å²) in [5, 5.41) is 4.32. The first-order valence-corrected chi connectivity index (χ1v) is 7.76. The molecule has 0 aliphatic carbocycles. The van der Waals surface area contributed by atoms with Gasteiger partial charge in [0.25, 0.3) is 5.91 Å². The number of nitrogens with one attached hydrogen (secondary N) is 1. The fraction of sp³-hybridized carbons (Fsp3) is 0.267. The molecular weight excluding hydrogens is 345 g/mol. The van der Waals surface area contributed by atoms with Gasteiger partial charge in [0, 0.05) is 10.9 Å². The number of esters is 1. The highest BCUT2D eigenvalue weighted by molar-refractivity contribution is 7.14. The van der Waals surface area contributed by atoms with Gasteiger partial charge in [-0.15, -0.1) is 11.3 Å². The van der Waals surface area contributed by atoms with E-state index in [4.69, 9.17) is 4.74 Å². The fourth-order valence-corrected chi connectivity index (χ4v) is 2.49. The number of hydrogen-bond donors (Lipinski definition) is 1. The molecule has 1 N–H and O–H groups in total. The van der Waals surface area contributed by atoms with E-state index in [-0.39, 0.29) is 23.7 Å². The molecule has 1 aromatic heterocycles. The van der Waals surface area contributed by atoms with Crippen LogP contribution >= 0.6 is 11.3 Å². The number of amides is 1. The third kappa shape index (κ3) is 4.79. The van der Waals surface area contributed by atoms with Crippen LogP contribution in [0.1, 0.15) is 28.5 Å². The molecule has 0 radical (unpaired) electrons. The third-order valence-electron chi connectivity index (χ3n) is 2.88. The average Bonchev–Trinajstić information content (AvgIpc) is 2.93. The molecule has 1 heterocycles. The van der Waals surface area contributed by atoms with Crippen molar-refractivity contribution in [3.05, 3.63) is 46.5 Å². The minimum absolute atomic E-state index is 0.0134. The predicted octanol–water partition coefficient (Wildman–Crippen LogP) is 3.52. The number of halogens is 3. The van der Waals surface area contributed by atoms with Crippen molar-refractivity contribution in [2.24, 2.45) is 0 Å². The van der Waals surface area contributed by atoms with E-state index in [1.54, 1.807) is 12.3 Å². The van der Waals surface area contributed by atoms with E-state index in [1.165, 1.54) is 0 Å². The molecule has 0 bridgehead atoms. The lowest BCUT2D eigenvalue weighted by Crippen LogP contribution is -2.13. The van der Waals surface area contributed by atoms with Crippen molar-refractivity contribution in [1.82, 2.24) is 4.98 Å². The molecule has 2 rings (SSSR count). The van der Waals surface area contributed by atoms with Crippen LogP contribution in [-0.2, 0) is 22.1 Å². The monoisotopic (exact) mass is 358 g/mol. The van der Waals surface area contributed by atoms with Crippen molar-refractivity contribution in [1.29, 1.82) is 0 Å². The molecule has 1 aromatic carbocycles. The van der Waals surface area contributed by atoms with E-state index in [0.717, 1.165) is 35.6 Å². The second kappa shape index (κ2) is 7.43. The fourth-order valence-electron chi connectivity index (χ4n) is 1.79. The molecule has 2 aromatic rings. The second-order valence-electron chi connectivity index (χ2n) is 4.66. The van der Waals surface area contributed by atoms with Gasteiger partial charge in [0.1, 0.15) is 0 Å². The van der Waals surface area contributed by atoms with Crippen LogP contribution in [0, 0.1) is 0 Å². The Labute approximate surface area is 139 Å². The van der Waals surface area contributed by atoms with Crippen LogP contribution in [0.5, 0.6) is 0 Å². The first kappa shape index (κ1) is 17.9. The summed E-state index contributed by atoms with van der Waals surface area (Å²) in [6.45, 7) is 1.95. The lowest BCUT2D eigenvalue weighted by molar-refractivity contribution is -0.142. The number of thiazole rings is 1. The topological polar surface area (TPSA) is 68.3 Å². The number of ether oxygens (including phenoxy) is 1. The van der Waals surface area contributed by atoms with Crippen molar-refractivity contribution in [2.75, 3.05) is 11.9 Å². The van der Waals surface area contributed by atoms with Crippen LogP contribution in [0.15, 0.2) is 29.6 Å². The summed E-state index contributed by atoms with van der Waals surface area (Å²) in [7, 11) is 0. The Morgan fingerprint density at radius 3 is 2.50 bits per heavy atom. The molecule has 0 saturated carbocycles. The van der Waals surface area contributed by atoms with Crippen LogP contribution in [0.3, 0.4) is 0 Å². The van der Waals surface area contributed by atoms with Crippen LogP contribution in [0.25, 0.3) is 0 Å². The van der Waals surface area contributed by atoms with Gasteiger partial charge in [-0.2, -0.15) is 13.2 Å². The number of hydrogen-bond acceptors (Lipinski definition) is 5. The highest BCUT2D eigenvalue weighted by atomic mass is 32.1. The summed E-state index contributed by atoms with van der Waals surface area (Å²) in [5.74, 6) is -1.01. The predicted molar refractivity (Wildman–Crippen MR) is 81.8 cm³/mol. The van der Waals surface area contributed by atoms with Crippen molar-refractivity contribution in [3.63, 3.8) is 0 Å². The molecule has 0 aliphatic rings. The van der Waals surface area contributed by atoms with Gasteiger partial charge >= 0.3 is 12.1 Å². The van der Waals surface area contributed by atoms with Gasteiger partial charge in [0.2, 0.25) is 0 Å². The summed E-state index contributed by atoms with van der Waals surface area (Å²) in [6, 6.07) is 3.85. The van der Waals surface area contributed by atoms with Crippen LogP contribution in [-0.4, -0.2) is 23.5 Å². The van der Waals surface area contributed by atoms with Gasteiger partial charge in [0.05, 0.1) is 24.3 Å². The summed E-state index contributed by atoms with van der Waals surface area (Å²) >= 11 is 1.11. The summed E-state index contributed by atoms with van der Waals surface area (Å²) < 4.78 is 42.2. The van der Waals surface area contributed by atoms with E-state index in [9.17, 15) is 22.8 Å². The number of benzene rings is 1. The normalized spacial score (nSPS) is 11.2. The second-order valence-corrected chi connectivity index (χ2v) is 5.51. The molecule has 0 saturated heterocycles. The van der Waals surface area contributed by atoms with Gasteiger partial charge < -0.3 is 4.74 Å². The van der Waals surface area contributed by atoms with E-state index >= 15 is 0 Å². The number of carbonyl (C=O) groups is 2. The first-order valence-electron chi connectivity index (χ1n) is 6.88. The quantitative estimate of drug-likeness (QED) is 0.831. The number of anilines is 1. The molecule has 24 heavy (non-hydrogen) atoms. The highest BCUT2D eigenvalue weighted by Crippen LogP contribution is 2.29. The molecule has 1 amide bonds. The van der Waals surface area contributed by atoms with E-state index in [0.29, 0.717) is 5.69 Å². The van der Waals surface area contributed by atoms with Crippen molar-refractivity contribution in [2.45, 2.75) is 19.5 Å². The van der Waals surface area contributed by atoms with Gasteiger partial charge in [-0.25, -0.2) is 4.98 Å². The minimum Gasteiger partial charge on any atom is -0.466 e. The summed E-state index contributed by atoms with van der Waals surface area (Å²) in [4.78, 5) is 27.4. The Morgan fingerprint density at radius 2 is 1.92 bits per heavy atom. The summed E-state index contributed by atoms with van der Waals surface area (Å²) in [6.07, 6.45) is -4.47. The number of rotatable bonds is 5. The van der Waals surface area contributed by atoms with Crippen LogP contribution in [0.2, 0.25) is 0 Å². The van der Waals surface area contributed by atoms with Gasteiger partial charge in [0.15, 0.2) is 5.13 Å². The van der Waals surface area contributed by atoms with Gasteiger partial charge in [-0.3, -0.25) is 14.9 Å². The van der Waals surface area contributed by atoms with Crippen molar-refractivity contribution in [3.8, 4) is 0 Å². The standard InChI is InChI=1S/C15H13F3N2O3S/c1-2-23-12(21)7-11-8-24-14(19-11)20-13(22)9-3-5-10(6-4-9)15(16,17)18/h3-6,8H,2,7H2,1H3,(H,19,20,22). The Kier molecular flexibility index (Phi) is 5.55. The number of aromatic nitrogens is 1. The maximum atomic E-state index is 12.5. The molecule has 9 heteroatoms. The molecular formula is C15H13F3N2O3S. The molecule has 128 valence electrons. The molecule has 5 nitrogen and oxygen atoms in total. The maximum Gasteiger partial charge on any atom is 0.416 e. The highest BCUT2D eigenvalue weighted by Gasteiger charge is 2.30. The molecule has 0 spiro atoms. The zero-order chi connectivity index (χ0) is 17.7. The Hall–Kier alpha value is -2.42. The van der Waals surface area contributed by atoms with Gasteiger partial charge in [-0.1, -0.05) is 0 Å². The Bertz CT molecular complexity index is 726. The number of nitrogens with zero attached hydrogens (tertiary/aromatic N) is 1. The third-order valence-corrected chi connectivity index (χ3v) is 3.68. The Balaban J connectivity index is 2.00. The summed E-state index contributed by atoms with van der Waals surface area (Å²) in [5.41, 5.74) is -0.309. The lowest BCUT2D eigenvalue weighted by atomic mass is 10.1. The molecule has 0 aliphatic heterocycles. The van der Waals surface area contributed by atoms with Crippen molar-refractivity contribution < 1.29 is 27.5 Å². The van der Waals surface area contributed by atoms with Gasteiger partial charge in [-0.05, 0) is 31.2 Å². The maximum absolute atomic E-state index is 12.5. The van der Waals surface area contributed by atoms with Crippen LogP contribution < -0.4 is 5.32 Å². The van der Waals surface area contributed by atoms with Crippen molar-refractivity contribution >= 4 is 28.3 Å². The SMILES string of the molecule is CCOC(=O)Cc1csc(NC(=O)c2ccc(C(F)(F)F)cc2)n1. The lowest BCUT2D eigenvalue weighted by Gasteiger charge is -2.07. The van der Waals surface area contributed by atoms with E-state index < -0.39 is 23.6 Å². The molecule has 0 fully saturated rings. The number of carbonyl (C=O) groups excluding carboxylic acids is 2. The zero-order valence-corrected chi connectivity index (χ0v) is 13.3. The van der Waals surface area contributed by atoms with E-state index in [2.05, 4.69) is 10.3 Å². The first-order chi connectivity index (χ1) is 11.3. The van der Waals surface area contributed by atoms with E-state index in [1.807, 2.05) is 0 Å². The minimum atomic E-state index is -4.45. The Morgan fingerprint density at radius 1 is 1.25 bits per heavy atom. The largest absolute Gasteiger partial charge is 0.466 e. The molecule has 0 atom stereocenters. The average molecular weight is 358 g/mol. The smallest absolute Gasteiger partial charge is 0.416 e.